The van der Waals surface area contributed by atoms with Crippen molar-refractivity contribution in [3.63, 3.8) is 0 Å². The monoisotopic (exact) mass is 413 g/mol. The van der Waals surface area contributed by atoms with Crippen molar-refractivity contribution >= 4 is 11.8 Å². The van der Waals surface area contributed by atoms with Crippen molar-refractivity contribution in [2.75, 3.05) is 13.7 Å². The van der Waals surface area contributed by atoms with Gasteiger partial charge in [-0.2, -0.15) is 0 Å². The maximum absolute atomic E-state index is 13.1. The van der Waals surface area contributed by atoms with E-state index >= 15 is 0 Å². The highest BCUT2D eigenvalue weighted by molar-refractivity contribution is 6.21. The smallest absolute Gasteiger partial charge is 0.262 e. The number of ether oxygens (including phenoxy) is 3. The zero-order chi connectivity index (χ0) is 21.3. The number of imide groups is 1. The Morgan fingerprint density at radius 2 is 1.60 bits per heavy atom. The van der Waals surface area contributed by atoms with Crippen LogP contribution in [0.25, 0.3) is 0 Å². The van der Waals surface area contributed by atoms with E-state index < -0.39 is 49.1 Å². The van der Waals surface area contributed by atoms with Crippen LogP contribution in [0.15, 0.2) is 54.6 Å². The summed E-state index contributed by atoms with van der Waals surface area (Å²) >= 11 is 0. The minimum Gasteiger partial charge on any atom is -0.394 e. The lowest BCUT2D eigenvalue weighted by molar-refractivity contribution is -0.281. The quantitative estimate of drug-likeness (QED) is 0.680. The number of rotatable bonds is 6. The van der Waals surface area contributed by atoms with E-state index in [0.717, 1.165) is 10.5 Å². The molecule has 8 nitrogen and oxygen atoms in total. The minimum atomic E-state index is -1.28. The highest BCUT2D eigenvalue weighted by Gasteiger charge is 2.54. The van der Waals surface area contributed by atoms with Gasteiger partial charge in [-0.1, -0.05) is 42.5 Å². The Bertz CT molecular complexity index is 884. The van der Waals surface area contributed by atoms with Crippen LogP contribution in [0.3, 0.4) is 0 Å². The maximum Gasteiger partial charge on any atom is 0.262 e. The second kappa shape index (κ2) is 8.63. The summed E-state index contributed by atoms with van der Waals surface area (Å²) in [6.07, 6.45) is -4.36. The molecule has 0 spiro atoms. The Labute approximate surface area is 173 Å². The number of carbonyl (C=O) groups is 2. The molecule has 1 fully saturated rings. The predicted octanol–water partition coefficient (Wildman–Crippen LogP) is 0.961. The number of hydrogen-bond donors (Lipinski definition) is 2. The molecule has 5 atom stereocenters. The fraction of sp³-hybridized carbons (Fsp3) is 0.364. The molecule has 2 aliphatic rings. The first kappa shape index (κ1) is 20.6. The lowest BCUT2D eigenvalue weighted by atomic mass is 9.95. The predicted molar refractivity (Wildman–Crippen MR) is 105 cm³/mol. The SMILES string of the molecule is CO[C@@H]1O[C@H](CO)[C@@H](O)[C@H](OCc2ccccc2)[C@H]1N1C(=O)c2ccccc2C1=O. The summed E-state index contributed by atoms with van der Waals surface area (Å²) in [7, 11) is 1.37. The van der Waals surface area contributed by atoms with Crippen LogP contribution in [0.5, 0.6) is 0 Å². The molecule has 4 rings (SSSR count). The van der Waals surface area contributed by atoms with Gasteiger partial charge in [0.2, 0.25) is 0 Å². The van der Waals surface area contributed by atoms with Gasteiger partial charge in [0.1, 0.15) is 24.4 Å². The van der Waals surface area contributed by atoms with Crippen molar-refractivity contribution < 1.29 is 34.0 Å². The van der Waals surface area contributed by atoms with Gasteiger partial charge in [0.25, 0.3) is 11.8 Å². The molecular formula is C22H23NO7. The molecule has 2 amide bonds. The molecule has 30 heavy (non-hydrogen) atoms. The van der Waals surface area contributed by atoms with Gasteiger partial charge in [-0.25, -0.2) is 0 Å². The van der Waals surface area contributed by atoms with Crippen LogP contribution >= 0.6 is 0 Å². The normalized spacial score (nSPS) is 28.6. The Morgan fingerprint density at radius 1 is 1.00 bits per heavy atom. The molecule has 0 aromatic heterocycles. The Balaban J connectivity index is 1.68. The molecule has 0 saturated carbocycles. The van der Waals surface area contributed by atoms with Crippen molar-refractivity contribution in [2.24, 2.45) is 0 Å². The van der Waals surface area contributed by atoms with Crippen LogP contribution in [0, 0.1) is 0 Å². The number of aliphatic hydroxyl groups excluding tert-OH is 2. The third-order valence-corrected chi connectivity index (χ3v) is 5.46. The molecule has 0 radical (unpaired) electrons. The topological polar surface area (TPSA) is 106 Å². The number of amides is 2. The van der Waals surface area contributed by atoms with E-state index in [2.05, 4.69) is 0 Å². The molecule has 0 unspecified atom stereocenters. The molecule has 1 saturated heterocycles. The van der Waals surface area contributed by atoms with E-state index in [1.807, 2.05) is 30.3 Å². The van der Waals surface area contributed by atoms with Gasteiger partial charge in [-0.05, 0) is 17.7 Å². The van der Waals surface area contributed by atoms with Crippen molar-refractivity contribution in [1.82, 2.24) is 4.90 Å². The van der Waals surface area contributed by atoms with Gasteiger partial charge in [0.15, 0.2) is 6.29 Å². The molecule has 2 heterocycles. The molecule has 2 aromatic rings. The molecule has 2 aromatic carbocycles. The number of methoxy groups -OCH3 is 1. The Kier molecular flexibility index (Phi) is 5.94. The lowest BCUT2D eigenvalue weighted by Crippen LogP contribution is -2.66. The highest BCUT2D eigenvalue weighted by Crippen LogP contribution is 2.34. The third kappa shape index (κ3) is 3.53. The number of fused-ring (bicyclic) bond motifs is 1. The average Bonchev–Trinajstić information content (AvgIpc) is 3.03. The zero-order valence-corrected chi connectivity index (χ0v) is 16.4. The van der Waals surface area contributed by atoms with Crippen LogP contribution in [0.4, 0.5) is 0 Å². The first-order valence-corrected chi connectivity index (χ1v) is 9.66. The summed E-state index contributed by atoms with van der Waals surface area (Å²) in [6.45, 7) is -0.335. The maximum atomic E-state index is 13.1. The van der Waals surface area contributed by atoms with E-state index in [4.69, 9.17) is 14.2 Å². The van der Waals surface area contributed by atoms with Crippen molar-refractivity contribution in [2.45, 2.75) is 37.3 Å². The average molecular weight is 413 g/mol. The van der Waals surface area contributed by atoms with Crippen LogP contribution in [-0.2, 0) is 20.8 Å². The summed E-state index contributed by atoms with van der Waals surface area (Å²) in [4.78, 5) is 27.1. The largest absolute Gasteiger partial charge is 0.394 e. The van der Waals surface area contributed by atoms with E-state index in [9.17, 15) is 19.8 Å². The van der Waals surface area contributed by atoms with Gasteiger partial charge >= 0.3 is 0 Å². The molecule has 0 bridgehead atoms. The van der Waals surface area contributed by atoms with E-state index in [0.29, 0.717) is 0 Å². The number of carbonyl (C=O) groups excluding carboxylic acids is 2. The van der Waals surface area contributed by atoms with Crippen molar-refractivity contribution in [3.8, 4) is 0 Å². The summed E-state index contributed by atoms with van der Waals surface area (Å²) < 4.78 is 17.1. The number of nitrogens with zero attached hydrogens (tertiary/aromatic N) is 1. The fourth-order valence-corrected chi connectivity index (χ4v) is 3.96. The second-order valence-corrected chi connectivity index (χ2v) is 7.23. The number of benzene rings is 2. The van der Waals surface area contributed by atoms with Gasteiger partial charge in [0, 0.05) is 7.11 Å². The first-order valence-electron chi connectivity index (χ1n) is 9.66. The van der Waals surface area contributed by atoms with E-state index in [1.54, 1.807) is 24.3 Å². The van der Waals surface area contributed by atoms with Gasteiger partial charge in [-0.3, -0.25) is 14.5 Å². The van der Waals surface area contributed by atoms with Crippen molar-refractivity contribution in [3.05, 3.63) is 71.3 Å². The summed E-state index contributed by atoms with van der Waals surface area (Å²) in [5.41, 5.74) is 1.41. The molecular weight excluding hydrogens is 390 g/mol. The third-order valence-electron chi connectivity index (χ3n) is 5.46. The molecule has 158 valence electrons. The number of aliphatic hydroxyl groups is 2. The minimum absolute atomic E-state index is 0.136. The highest BCUT2D eigenvalue weighted by atomic mass is 16.7. The molecule has 2 N–H and O–H groups in total. The van der Waals surface area contributed by atoms with Gasteiger partial charge in [-0.15, -0.1) is 0 Å². The first-order chi connectivity index (χ1) is 14.6. The van der Waals surface area contributed by atoms with Crippen LogP contribution < -0.4 is 0 Å². The van der Waals surface area contributed by atoms with E-state index in [-0.39, 0.29) is 17.7 Å². The molecule has 8 heteroatoms. The van der Waals surface area contributed by atoms with Crippen molar-refractivity contribution in [1.29, 1.82) is 0 Å². The zero-order valence-electron chi connectivity index (χ0n) is 16.4. The summed E-state index contributed by atoms with van der Waals surface area (Å²) in [5.74, 6) is -1.01. The Morgan fingerprint density at radius 3 is 2.17 bits per heavy atom. The lowest BCUT2D eigenvalue weighted by Gasteiger charge is -2.46. The van der Waals surface area contributed by atoms with Gasteiger partial charge in [0.05, 0.1) is 24.3 Å². The second-order valence-electron chi connectivity index (χ2n) is 7.23. The molecule has 2 aliphatic heterocycles. The van der Waals surface area contributed by atoms with Crippen LogP contribution in [-0.4, -0.2) is 71.3 Å². The van der Waals surface area contributed by atoms with Crippen LogP contribution in [0.2, 0.25) is 0 Å². The fourth-order valence-electron chi connectivity index (χ4n) is 3.96. The summed E-state index contributed by atoms with van der Waals surface area (Å²) in [5, 5.41) is 20.5. The van der Waals surface area contributed by atoms with E-state index in [1.165, 1.54) is 7.11 Å². The van der Waals surface area contributed by atoms with Crippen LogP contribution in [0.1, 0.15) is 26.3 Å². The number of hydrogen-bond acceptors (Lipinski definition) is 7. The summed E-state index contributed by atoms with van der Waals surface area (Å²) in [6, 6.07) is 14.8. The van der Waals surface area contributed by atoms with Gasteiger partial charge < -0.3 is 24.4 Å². The standard InChI is InChI=1S/C22H23NO7/c1-28-22-17(23-20(26)14-9-5-6-10-15(14)21(23)27)19(18(25)16(11-24)30-22)29-12-13-7-3-2-4-8-13/h2-10,16-19,22,24-25H,11-12H2,1H3/t16-,17-,18-,19-,22-/m1/s1. The molecule has 0 aliphatic carbocycles. The Hall–Kier alpha value is -2.62.